The molecule has 9 heteroatoms. The number of carbonyl (C=O) groups excluding carboxylic acids is 2. The van der Waals surface area contributed by atoms with Gasteiger partial charge in [0.05, 0.1) is 6.61 Å². The number of hydrogen-bond acceptors (Lipinski definition) is 7. The summed E-state index contributed by atoms with van der Waals surface area (Å²) in [6.45, 7) is 7.91. The SMILES string of the molecule is CC(C)c1noc(N2CCC(COc3ccc(C4=CCC(C(=O)N5CCC(C(N)=O)CC5)CC4)cc3)CC2)n1. The summed E-state index contributed by atoms with van der Waals surface area (Å²) in [5.74, 6) is 2.34. The van der Waals surface area contributed by atoms with Crippen molar-refractivity contribution in [2.45, 2.75) is 64.7 Å². The average molecular weight is 536 g/mol. The zero-order valence-electron chi connectivity index (χ0n) is 23.2. The van der Waals surface area contributed by atoms with Crippen LogP contribution in [0.25, 0.3) is 5.57 Å². The third-order valence-corrected chi connectivity index (χ3v) is 8.51. The minimum absolute atomic E-state index is 0.0324. The minimum Gasteiger partial charge on any atom is -0.493 e. The normalized spacial score (nSPS) is 21.2. The van der Waals surface area contributed by atoms with E-state index in [9.17, 15) is 9.59 Å². The second-order valence-corrected chi connectivity index (χ2v) is 11.6. The molecule has 2 amide bonds. The first-order valence-electron chi connectivity index (χ1n) is 14.5. The number of nitrogens with two attached hydrogens (primary N) is 1. The van der Waals surface area contributed by atoms with Crippen molar-refractivity contribution in [2.24, 2.45) is 23.5 Å². The van der Waals surface area contributed by atoms with Gasteiger partial charge in [0, 0.05) is 43.9 Å². The van der Waals surface area contributed by atoms with Crippen molar-refractivity contribution in [3.8, 4) is 5.75 Å². The van der Waals surface area contributed by atoms with E-state index in [2.05, 4.69) is 59.2 Å². The minimum atomic E-state index is -0.244. The average Bonchev–Trinajstić information content (AvgIpc) is 3.47. The Morgan fingerprint density at radius 2 is 1.74 bits per heavy atom. The zero-order chi connectivity index (χ0) is 27.4. The van der Waals surface area contributed by atoms with Crippen molar-refractivity contribution in [1.29, 1.82) is 0 Å². The van der Waals surface area contributed by atoms with Crippen LogP contribution in [0.1, 0.15) is 76.1 Å². The van der Waals surface area contributed by atoms with Crippen LogP contribution < -0.4 is 15.4 Å². The molecule has 1 aromatic carbocycles. The highest BCUT2D eigenvalue weighted by molar-refractivity contribution is 5.81. The Hall–Kier alpha value is -3.36. The fourth-order valence-electron chi connectivity index (χ4n) is 5.82. The number of carbonyl (C=O) groups is 2. The van der Waals surface area contributed by atoms with Crippen LogP contribution in [0.3, 0.4) is 0 Å². The summed E-state index contributed by atoms with van der Waals surface area (Å²) in [5.41, 5.74) is 7.92. The number of piperidine rings is 2. The number of anilines is 1. The van der Waals surface area contributed by atoms with Gasteiger partial charge in [-0.2, -0.15) is 4.98 Å². The van der Waals surface area contributed by atoms with E-state index in [0.29, 0.717) is 44.5 Å². The Bertz CT molecular complexity index is 1160. The van der Waals surface area contributed by atoms with Crippen molar-refractivity contribution < 1.29 is 18.8 Å². The summed E-state index contributed by atoms with van der Waals surface area (Å²) in [4.78, 5) is 33.0. The second-order valence-electron chi connectivity index (χ2n) is 11.6. The van der Waals surface area contributed by atoms with E-state index in [4.69, 9.17) is 15.0 Å². The molecule has 1 aromatic heterocycles. The van der Waals surface area contributed by atoms with Crippen LogP contribution in [-0.2, 0) is 9.59 Å². The number of likely N-dealkylation sites (tertiary alicyclic amines) is 1. The topological polar surface area (TPSA) is 115 Å². The van der Waals surface area contributed by atoms with Crippen molar-refractivity contribution in [2.75, 3.05) is 37.7 Å². The summed E-state index contributed by atoms with van der Waals surface area (Å²) < 4.78 is 11.6. The van der Waals surface area contributed by atoms with E-state index in [1.54, 1.807) is 0 Å². The lowest BCUT2D eigenvalue weighted by Gasteiger charge is -2.34. The molecular formula is C30H41N5O4. The van der Waals surface area contributed by atoms with Gasteiger partial charge in [-0.25, -0.2) is 0 Å². The van der Waals surface area contributed by atoms with Gasteiger partial charge in [0.25, 0.3) is 0 Å². The molecule has 5 rings (SSSR count). The smallest absolute Gasteiger partial charge is 0.324 e. The van der Waals surface area contributed by atoms with Gasteiger partial charge in [-0.05, 0) is 74.1 Å². The van der Waals surface area contributed by atoms with Crippen LogP contribution in [0, 0.1) is 17.8 Å². The Morgan fingerprint density at radius 3 is 2.33 bits per heavy atom. The zero-order valence-corrected chi connectivity index (χ0v) is 23.2. The van der Waals surface area contributed by atoms with Crippen LogP contribution in [0.2, 0.25) is 0 Å². The molecule has 3 aliphatic rings. The van der Waals surface area contributed by atoms with E-state index < -0.39 is 0 Å². The molecule has 1 atom stereocenters. The molecule has 1 aliphatic carbocycles. The van der Waals surface area contributed by atoms with Gasteiger partial charge in [-0.15, -0.1) is 0 Å². The molecule has 3 heterocycles. The molecule has 2 aromatic rings. The lowest BCUT2D eigenvalue weighted by molar-refractivity contribution is -0.138. The second kappa shape index (κ2) is 12.2. The lowest BCUT2D eigenvalue weighted by atomic mass is 9.85. The molecule has 2 aliphatic heterocycles. The maximum absolute atomic E-state index is 13.0. The summed E-state index contributed by atoms with van der Waals surface area (Å²) >= 11 is 0. The number of amides is 2. The summed E-state index contributed by atoms with van der Waals surface area (Å²) in [5, 5.41) is 4.08. The third kappa shape index (κ3) is 6.62. The highest BCUT2D eigenvalue weighted by atomic mass is 16.5. The molecule has 9 nitrogen and oxygen atoms in total. The molecule has 2 saturated heterocycles. The monoisotopic (exact) mass is 535 g/mol. The molecule has 0 saturated carbocycles. The summed E-state index contributed by atoms with van der Waals surface area (Å²) in [6, 6.07) is 8.99. The summed E-state index contributed by atoms with van der Waals surface area (Å²) in [7, 11) is 0. The molecule has 1 unspecified atom stereocenters. The van der Waals surface area contributed by atoms with Gasteiger partial charge in [0.2, 0.25) is 11.8 Å². The molecule has 0 radical (unpaired) electrons. The number of rotatable bonds is 8. The molecular weight excluding hydrogens is 494 g/mol. The van der Waals surface area contributed by atoms with Gasteiger partial charge in [0.15, 0.2) is 5.82 Å². The Morgan fingerprint density at radius 1 is 1.03 bits per heavy atom. The first-order chi connectivity index (χ1) is 18.9. The van der Waals surface area contributed by atoms with Crippen LogP contribution >= 0.6 is 0 Å². The largest absolute Gasteiger partial charge is 0.493 e. The maximum atomic E-state index is 13.0. The van der Waals surface area contributed by atoms with Crippen molar-refractivity contribution in [3.05, 3.63) is 41.7 Å². The third-order valence-electron chi connectivity index (χ3n) is 8.51. The number of primary amides is 1. The van der Waals surface area contributed by atoms with Gasteiger partial charge in [-0.3, -0.25) is 9.59 Å². The number of ether oxygens (including phenoxy) is 1. The van der Waals surface area contributed by atoms with Gasteiger partial charge in [0.1, 0.15) is 5.75 Å². The molecule has 0 bridgehead atoms. The van der Waals surface area contributed by atoms with Crippen LogP contribution in [0.15, 0.2) is 34.9 Å². The van der Waals surface area contributed by atoms with E-state index in [1.165, 1.54) is 11.1 Å². The van der Waals surface area contributed by atoms with Crippen LogP contribution in [-0.4, -0.2) is 59.6 Å². The predicted molar refractivity (Wildman–Crippen MR) is 149 cm³/mol. The first-order valence-corrected chi connectivity index (χ1v) is 14.5. The number of allylic oxidation sites excluding steroid dienone is 2. The van der Waals surface area contributed by atoms with E-state index in [1.807, 2.05) is 4.90 Å². The van der Waals surface area contributed by atoms with Crippen molar-refractivity contribution in [3.63, 3.8) is 0 Å². The fourth-order valence-corrected chi connectivity index (χ4v) is 5.82. The molecule has 39 heavy (non-hydrogen) atoms. The van der Waals surface area contributed by atoms with Gasteiger partial charge < -0.3 is 24.8 Å². The van der Waals surface area contributed by atoms with E-state index >= 15 is 0 Å². The molecule has 210 valence electrons. The summed E-state index contributed by atoms with van der Waals surface area (Å²) in [6.07, 6.45) is 8.18. The van der Waals surface area contributed by atoms with E-state index in [-0.39, 0.29) is 29.6 Å². The highest BCUT2D eigenvalue weighted by Crippen LogP contribution is 2.33. The fraction of sp³-hybridized carbons (Fsp3) is 0.600. The van der Waals surface area contributed by atoms with Gasteiger partial charge >= 0.3 is 6.01 Å². The first kappa shape index (κ1) is 27.2. The Labute approximate surface area is 230 Å². The van der Waals surface area contributed by atoms with E-state index in [0.717, 1.165) is 56.8 Å². The van der Waals surface area contributed by atoms with Crippen LogP contribution in [0.5, 0.6) is 5.75 Å². The Kier molecular flexibility index (Phi) is 8.53. The number of hydrogen-bond donors (Lipinski definition) is 1. The number of nitrogens with zero attached hydrogens (tertiary/aromatic N) is 4. The molecule has 2 fully saturated rings. The predicted octanol–water partition coefficient (Wildman–Crippen LogP) is 4.40. The lowest BCUT2D eigenvalue weighted by Crippen LogP contribution is -2.44. The number of aromatic nitrogens is 2. The van der Waals surface area contributed by atoms with Crippen molar-refractivity contribution in [1.82, 2.24) is 15.0 Å². The molecule has 2 N–H and O–H groups in total. The quantitative estimate of drug-likeness (QED) is 0.533. The van der Waals surface area contributed by atoms with Gasteiger partial charge in [-0.1, -0.05) is 37.2 Å². The Balaban J connectivity index is 1.05. The maximum Gasteiger partial charge on any atom is 0.324 e. The standard InChI is InChI=1S/C30H41N5O4/c1-20(2)28-32-30(39-33-28)35-15-11-21(12-16-35)19-38-26-9-7-23(8-10-26)22-3-5-25(6-4-22)29(37)34-17-13-24(14-18-34)27(31)36/h3,7-10,20-21,24-25H,4-6,11-19H2,1-2H3,(H2,31,36). The highest BCUT2D eigenvalue weighted by Gasteiger charge is 2.31. The molecule has 0 spiro atoms. The van der Waals surface area contributed by atoms with Crippen LogP contribution in [0.4, 0.5) is 6.01 Å². The van der Waals surface area contributed by atoms with Crippen molar-refractivity contribution >= 4 is 23.4 Å². The number of benzene rings is 1.